The molecule has 0 spiro atoms. The third-order valence-corrected chi connectivity index (χ3v) is 1.27. The zero-order valence-electron chi connectivity index (χ0n) is 6.36. The molecule has 0 aliphatic rings. The smallest absolute Gasteiger partial charge is 0.241 e. The second-order valence-corrected chi connectivity index (χ2v) is 2.17. The number of carbonyl (C=O) groups excluding carboxylic acids is 1. The first-order chi connectivity index (χ1) is 5.74. The Bertz CT molecular complexity index is 292. The maximum atomic E-state index is 10.3. The SMILES string of the molecule is C=CCc1ncc(C([O])=O)cn1. The lowest BCUT2D eigenvalue weighted by molar-refractivity contribution is 0.0572. The topological polar surface area (TPSA) is 62.8 Å². The van der Waals surface area contributed by atoms with Crippen molar-refractivity contribution in [1.82, 2.24) is 9.97 Å². The molecular weight excluding hydrogens is 156 g/mol. The monoisotopic (exact) mass is 163 g/mol. The molecule has 1 rings (SSSR count). The molecule has 12 heavy (non-hydrogen) atoms. The molecule has 0 saturated carbocycles. The van der Waals surface area contributed by atoms with E-state index < -0.39 is 5.97 Å². The maximum Gasteiger partial charge on any atom is 0.389 e. The minimum absolute atomic E-state index is 0.0113. The molecule has 1 aromatic heterocycles. The van der Waals surface area contributed by atoms with Crippen LogP contribution in [0.5, 0.6) is 0 Å². The molecular formula is C8H7N2O2. The quantitative estimate of drug-likeness (QED) is 0.618. The fourth-order valence-corrected chi connectivity index (χ4v) is 0.695. The molecule has 61 valence electrons. The molecule has 4 nitrogen and oxygen atoms in total. The summed E-state index contributed by atoms with van der Waals surface area (Å²) in [5.74, 6) is -0.713. The Morgan fingerprint density at radius 1 is 1.50 bits per heavy atom. The lowest BCUT2D eigenvalue weighted by Gasteiger charge is -1.93. The summed E-state index contributed by atoms with van der Waals surface area (Å²) in [5.41, 5.74) is -0.0113. The minimum Gasteiger partial charge on any atom is -0.241 e. The van der Waals surface area contributed by atoms with Crippen LogP contribution in [-0.4, -0.2) is 15.9 Å². The second kappa shape index (κ2) is 3.61. The van der Waals surface area contributed by atoms with Gasteiger partial charge in [-0.2, -0.15) is 0 Å². The van der Waals surface area contributed by atoms with Gasteiger partial charge in [-0.05, 0) is 0 Å². The van der Waals surface area contributed by atoms with Gasteiger partial charge < -0.3 is 0 Å². The molecule has 1 radical (unpaired) electrons. The summed E-state index contributed by atoms with van der Waals surface area (Å²) in [4.78, 5) is 17.8. The highest BCUT2D eigenvalue weighted by Crippen LogP contribution is 1.96. The van der Waals surface area contributed by atoms with E-state index in [2.05, 4.69) is 16.5 Å². The predicted molar refractivity (Wildman–Crippen MR) is 41.0 cm³/mol. The van der Waals surface area contributed by atoms with Crippen LogP contribution in [0.4, 0.5) is 0 Å². The number of allylic oxidation sites excluding steroid dienone is 1. The minimum atomic E-state index is -1.26. The van der Waals surface area contributed by atoms with Crippen molar-refractivity contribution in [3.8, 4) is 0 Å². The normalized spacial score (nSPS) is 9.33. The first-order valence-corrected chi connectivity index (χ1v) is 3.37. The molecule has 0 amide bonds. The van der Waals surface area contributed by atoms with Crippen molar-refractivity contribution in [2.75, 3.05) is 0 Å². The van der Waals surface area contributed by atoms with E-state index >= 15 is 0 Å². The van der Waals surface area contributed by atoms with E-state index in [0.717, 1.165) is 0 Å². The summed E-state index contributed by atoms with van der Waals surface area (Å²) in [6.07, 6.45) is 4.63. The van der Waals surface area contributed by atoms with Gasteiger partial charge in [0.25, 0.3) is 0 Å². The van der Waals surface area contributed by atoms with Crippen molar-refractivity contribution in [3.05, 3.63) is 36.4 Å². The summed E-state index contributed by atoms with van der Waals surface area (Å²) < 4.78 is 0. The number of carbonyl (C=O) groups is 1. The van der Waals surface area contributed by atoms with Gasteiger partial charge in [-0.15, -0.1) is 6.58 Å². The first kappa shape index (κ1) is 8.39. The predicted octanol–water partition coefficient (Wildman–Crippen LogP) is 0.776. The third kappa shape index (κ3) is 1.88. The largest absolute Gasteiger partial charge is 0.389 e. The molecule has 0 N–H and O–H groups in total. The van der Waals surface area contributed by atoms with Crippen molar-refractivity contribution in [3.63, 3.8) is 0 Å². The maximum absolute atomic E-state index is 10.3. The number of aromatic nitrogens is 2. The van der Waals surface area contributed by atoms with Crippen LogP contribution in [-0.2, 0) is 11.5 Å². The van der Waals surface area contributed by atoms with Gasteiger partial charge >= 0.3 is 5.97 Å². The standard InChI is InChI=1S/C8H7N2O2/c1-2-3-7-9-4-6(5-10-7)8(11)12/h2,4-5H,1,3H2. The van der Waals surface area contributed by atoms with Crippen molar-refractivity contribution in [1.29, 1.82) is 0 Å². The van der Waals surface area contributed by atoms with Crippen LogP contribution >= 0.6 is 0 Å². The van der Waals surface area contributed by atoms with Crippen molar-refractivity contribution in [2.24, 2.45) is 0 Å². The molecule has 1 heterocycles. The van der Waals surface area contributed by atoms with Gasteiger partial charge in [0.1, 0.15) is 11.4 Å². The summed E-state index contributed by atoms with van der Waals surface area (Å²) in [6, 6.07) is 0. The van der Waals surface area contributed by atoms with Crippen LogP contribution in [0.15, 0.2) is 25.0 Å². The van der Waals surface area contributed by atoms with Crippen LogP contribution in [0.1, 0.15) is 16.2 Å². The van der Waals surface area contributed by atoms with Crippen molar-refractivity contribution >= 4 is 5.97 Å². The van der Waals surface area contributed by atoms with Gasteiger partial charge in [0.05, 0.1) is 0 Å². The van der Waals surface area contributed by atoms with E-state index in [0.29, 0.717) is 12.2 Å². The Morgan fingerprint density at radius 2 is 2.08 bits per heavy atom. The number of hydrogen-bond acceptors (Lipinski definition) is 3. The zero-order chi connectivity index (χ0) is 8.97. The molecule has 0 saturated heterocycles. The van der Waals surface area contributed by atoms with Crippen LogP contribution in [0.2, 0.25) is 0 Å². The summed E-state index contributed by atoms with van der Waals surface area (Å²) in [5, 5.41) is 10.3. The fourth-order valence-electron chi connectivity index (χ4n) is 0.695. The molecule has 0 aliphatic heterocycles. The van der Waals surface area contributed by atoms with Gasteiger partial charge in [0.2, 0.25) is 0 Å². The van der Waals surface area contributed by atoms with E-state index in [-0.39, 0.29) is 5.56 Å². The Hall–Kier alpha value is -1.71. The average Bonchev–Trinajstić information content (AvgIpc) is 2.06. The number of hydrogen-bond donors (Lipinski definition) is 0. The van der Waals surface area contributed by atoms with Crippen LogP contribution in [0.3, 0.4) is 0 Å². The molecule has 0 aliphatic carbocycles. The first-order valence-electron chi connectivity index (χ1n) is 3.37. The highest BCUT2D eigenvalue weighted by atomic mass is 16.4. The molecule has 0 fully saturated rings. The highest BCUT2D eigenvalue weighted by molar-refractivity contribution is 5.86. The van der Waals surface area contributed by atoms with Gasteiger partial charge in [0, 0.05) is 18.8 Å². The van der Waals surface area contributed by atoms with Gasteiger partial charge in [-0.3, -0.25) is 0 Å². The van der Waals surface area contributed by atoms with Crippen LogP contribution in [0, 0.1) is 0 Å². The molecule has 0 atom stereocenters. The summed E-state index contributed by atoms with van der Waals surface area (Å²) in [6.45, 7) is 3.50. The van der Waals surface area contributed by atoms with E-state index in [4.69, 9.17) is 0 Å². The van der Waals surface area contributed by atoms with E-state index in [1.165, 1.54) is 12.4 Å². The second-order valence-electron chi connectivity index (χ2n) is 2.17. The van der Waals surface area contributed by atoms with E-state index in [9.17, 15) is 9.90 Å². The zero-order valence-corrected chi connectivity index (χ0v) is 6.36. The Labute approximate surface area is 69.6 Å². The molecule has 1 aromatic rings. The van der Waals surface area contributed by atoms with Crippen LogP contribution in [0.25, 0.3) is 0 Å². The molecule has 0 unspecified atom stereocenters. The third-order valence-electron chi connectivity index (χ3n) is 1.27. The fraction of sp³-hybridized carbons (Fsp3) is 0.125. The van der Waals surface area contributed by atoms with Crippen molar-refractivity contribution < 1.29 is 9.90 Å². The highest BCUT2D eigenvalue weighted by Gasteiger charge is 2.04. The molecule has 4 heteroatoms. The van der Waals surface area contributed by atoms with Gasteiger partial charge in [0.15, 0.2) is 0 Å². The molecule has 0 aromatic carbocycles. The summed E-state index contributed by atoms with van der Waals surface area (Å²) in [7, 11) is 0. The van der Waals surface area contributed by atoms with E-state index in [1.807, 2.05) is 0 Å². The summed E-state index contributed by atoms with van der Waals surface area (Å²) >= 11 is 0. The lowest BCUT2D eigenvalue weighted by atomic mass is 10.3. The Morgan fingerprint density at radius 3 is 2.50 bits per heavy atom. The lowest BCUT2D eigenvalue weighted by Crippen LogP contribution is -1.99. The number of nitrogens with zero attached hydrogens (tertiary/aromatic N) is 2. The van der Waals surface area contributed by atoms with Gasteiger partial charge in [-0.25, -0.2) is 19.9 Å². The Kier molecular flexibility index (Phi) is 2.53. The Balaban J connectivity index is 2.85. The molecule has 0 bridgehead atoms. The van der Waals surface area contributed by atoms with Gasteiger partial charge in [-0.1, -0.05) is 6.08 Å². The van der Waals surface area contributed by atoms with Crippen molar-refractivity contribution in [2.45, 2.75) is 6.42 Å². The average molecular weight is 163 g/mol. The number of rotatable bonds is 3. The van der Waals surface area contributed by atoms with Crippen LogP contribution < -0.4 is 0 Å². The van der Waals surface area contributed by atoms with E-state index in [1.54, 1.807) is 6.08 Å².